The fraction of sp³-hybridized carbons (Fsp3) is 0.292. The number of rotatable bonds is 6. The van der Waals surface area contributed by atoms with Crippen LogP contribution in [0.4, 0.5) is 0 Å². The fourth-order valence-electron chi connectivity index (χ4n) is 2.70. The van der Waals surface area contributed by atoms with Crippen molar-refractivity contribution in [3.05, 3.63) is 70.8 Å². The number of ether oxygens (including phenoxy) is 2. The molecule has 2 rings (SSSR count). The second-order valence-electron chi connectivity index (χ2n) is 7.78. The van der Waals surface area contributed by atoms with Gasteiger partial charge in [-0.1, -0.05) is 39.5 Å². The minimum absolute atomic E-state index is 0.190. The topological polar surface area (TPSA) is 83.1 Å². The van der Waals surface area contributed by atoms with Gasteiger partial charge >= 0.3 is 5.97 Å². The Balaban J connectivity index is 2.27. The van der Waals surface area contributed by atoms with E-state index in [4.69, 9.17) is 14.7 Å². The zero-order valence-electron chi connectivity index (χ0n) is 17.2. The van der Waals surface area contributed by atoms with Crippen molar-refractivity contribution < 1.29 is 14.3 Å². The van der Waals surface area contributed by atoms with Crippen LogP contribution in [0, 0.1) is 22.7 Å². The summed E-state index contributed by atoms with van der Waals surface area (Å²) in [6.45, 7) is 11.7. The third-order valence-electron chi connectivity index (χ3n) is 4.28. The van der Waals surface area contributed by atoms with Crippen molar-refractivity contribution in [1.82, 2.24) is 0 Å². The molecular formula is C24H24N2O3. The Hall–Kier alpha value is -3.57. The van der Waals surface area contributed by atoms with Crippen LogP contribution in [0.1, 0.15) is 49.9 Å². The molecule has 148 valence electrons. The summed E-state index contributed by atoms with van der Waals surface area (Å²) in [6.07, 6.45) is 0.581. The quantitative estimate of drug-likeness (QED) is 0.503. The summed E-state index contributed by atoms with van der Waals surface area (Å²) in [5, 5.41) is 18.3. The molecule has 0 heterocycles. The molecule has 5 nitrogen and oxygen atoms in total. The molecule has 0 N–H and O–H groups in total. The smallest absolute Gasteiger partial charge is 0.333 e. The molecule has 2 aromatic carbocycles. The van der Waals surface area contributed by atoms with E-state index in [0.29, 0.717) is 29.1 Å². The van der Waals surface area contributed by atoms with Crippen LogP contribution in [0.2, 0.25) is 0 Å². The van der Waals surface area contributed by atoms with Gasteiger partial charge in [0.15, 0.2) is 0 Å². The summed E-state index contributed by atoms with van der Waals surface area (Å²) >= 11 is 0. The van der Waals surface area contributed by atoms with Gasteiger partial charge in [-0.2, -0.15) is 10.5 Å². The van der Waals surface area contributed by atoms with Gasteiger partial charge in [-0.3, -0.25) is 0 Å². The Morgan fingerprint density at radius 2 is 1.76 bits per heavy atom. The number of carbonyl (C=O) groups is 1. The van der Waals surface area contributed by atoms with E-state index < -0.39 is 5.97 Å². The highest BCUT2D eigenvalue weighted by molar-refractivity contribution is 5.86. The fourth-order valence-corrected chi connectivity index (χ4v) is 2.70. The molecule has 0 aromatic heterocycles. The third kappa shape index (κ3) is 5.70. The van der Waals surface area contributed by atoms with Crippen molar-refractivity contribution in [2.45, 2.75) is 39.5 Å². The number of benzene rings is 2. The molecule has 0 aliphatic rings. The summed E-state index contributed by atoms with van der Waals surface area (Å²) in [6, 6.07) is 14.7. The Morgan fingerprint density at radius 3 is 2.34 bits per heavy atom. The molecule has 5 heteroatoms. The molecule has 0 radical (unpaired) electrons. The molecule has 0 atom stereocenters. The maximum Gasteiger partial charge on any atom is 0.333 e. The highest BCUT2D eigenvalue weighted by Gasteiger charge is 2.20. The summed E-state index contributed by atoms with van der Waals surface area (Å²) in [7, 11) is 0. The maximum atomic E-state index is 11.5. The minimum Gasteiger partial charge on any atom is -0.462 e. The van der Waals surface area contributed by atoms with Crippen molar-refractivity contribution in [3.8, 4) is 23.6 Å². The number of nitriles is 2. The molecule has 0 unspecified atom stereocenters. The van der Waals surface area contributed by atoms with Gasteiger partial charge in [0.05, 0.1) is 17.7 Å². The van der Waals surface area contributed by atoms with E-state index in [-0.39, 0.29) is 17.6 Å². The molecule has 0 fully saturated rings. The predicted octanol–water partition coefficient (Wildman–Crippen LogP) is 5.18. The van der Waals surface area contributed by atoms with Crippen LogP contribution in [-0.4, -0.2) is 12.6 Å². The van der Waals surface area contributed by atoms with E-state index in [1.807, 2.05) is 30.3 Å². The van der Waals surface area contributed by atoms with Gasteiger partial charge in [0.1, 0.15) is 23.6 Å². The molecule has 0 bridgehead atoms. The van der Waals surface area contributed by atoms with Gasteiger partial charge in [0.25, 0.3) is 0 Å². The first-order valence-corrected chi connectivity index (χ1v) is 9.24. The summed E-state index contributed by atoms with van der Waals surface area (Å²) < 4.78 is 11.2. The zero-order chi connectivity index (χ0) is 21.6. The Labute approximate surface area is 171 Å². The van der Waals surface area contributed by atoms with Crippen molar-refractivity contribution in [1.29, 1.82) is 10.5 Å². The standard InChI is InChI=1S/C24H24N2O3/c1-16(2)23(27)28-11-10-17-6-9-22(21(12-17)24(3,4)5)29-20-8-7-18(14-25)19(13-20)15-26/h6-9,12-13H,1,10-11H2,2-5H3. The average Bonchev–Trinajstić information content (AvgIpc) is 2.67. The van der Waals surface area contributed by atoms with Gasteiger partial charge in [-0.05, 0) is 42.2 Å². The monoisotopic (exact) mass is 388 g/mol. The number of hydrogen-bond acceptors (Lipinski definition) is 5. The molecule has 29 heavy (non-hydrogen) atoms. The van der Waals surface area contributed by atoms with Crippen LogP contribution in [-0.2, 0) is 21.4 Å². The molecule has 0 aliphatic carbocycles. The van der Waals surface area contributed by atoms with Gasteiger partial charge in [0.2, 0.25) is 0 Å². The second kappa shape index (κ2) is 9.08. The molecule has 0 saturated heterocycles. The van der Waals surface area contributed by atoms with Crippen LogP contribution in [0.15, 0.2) is 48.6 Å². The third-order valence-corrected chi connectivity index (χ3v) is 4.28. The van der Waals surface area contributed by atoms with E-state index in [0.717, 1.165) is 11.1 Å². The molecular weight excluding hydrogens is 364 g/mol. The Morgan fingerprint density at radius 1 is 1.07 bits per heavy atom. The number of esters is 1. The maximum absolute atomic E-state index is 11.5. The lowest BCUT2D eigenvalue weighted by atomic mass is 9.85. The number of carbonyl (C=O) groups excluding carboxylic acids is 1. The van der Waals surface area contributed by atoms with Gasteiger partial charge < -0.3 is 9.47 Å². The van der Waals surface area contributed by atoms with Crippen LogP contribution in [0.5, 0.6) is 11.5 Å². The zero-order valence-corrected chi connectivity index (χ0v) is 17.2. The van der Waals surface area contributed by atoms with E-state index in [1.54, 1.807) is 25.1 Å². The molecule has 2 aromatic rings. The number of hydrogen-bond donors (Lipinski definition) is 0. The van der Waals surface area contributed by atoms with Crippen molar-refractivity contribution >= 4 is 5.97 Å². The van der Waals surface area contributed by atoms with Crippen molar-refractivity contribution in [2.24, 2.45) is 0 Å². The van der Waals surface area contributed by atoms with Gasteiger partial charge in [0, 0.05) is 17.6 Å². The molecule has 0 aliphatic heterocycles. The predicted molar refractivity (Wildman–Crippen MR) is 111 cm³/mol. The van der Waals surface area contributed by atoms with Crippen LogP contribution >= 0.6 is 0 Å². The number of nitrogens with zero attached hydrogens (tertiary/aromatic N) is 2. The average molecular weight is 388 g/mol. The van der Waals surface area contributed by atoms with Crippen LogP contribution in [0.3, 0.4) is 0 Å². The first-order chi connectivity index (χ1) is 13.7. The SMILES string of the molecule is C=C(C)C(=O)OCCc1ccc(Oc2ccc(C#N)c(C#N)c2)c(C(C)(C)C)c1. The Bertz CT molecular complexity index is 1020. The second-order valence-corrected chi connectivity index (χ2v) is 7.78. The van der Waals surface area contributed by atoms with E-state index in [2.05, 4.69) is 27.4 Å². The highest BCUT2D eigenvalue weighted by atomic mass is 16.5. The first-order valence-electron chi connectivity index (χ1n) is 9.24. The van der Waals surface area contributed by atoms with Crippen LogP contribution in [0.25, 0.3) is 0 Å². The van der Waals surface area contributed by atoms with E-state index in [9.17, 15) is 10.1 Å². The lowest BCUT2D eigenvalue weighted by Crippen LogP contribution is -2.14. The van der Waals surface area contributed by atoms with Gasteiger partial charge in [-0.15, -0.1) is 0 Å². The molecule has 0 spiro atoms. The molecule has 0 amide bonds. The van der Waals surface area contributed by atoms with Gasteiger partial charge in [-0.25, -0.2) is 4.79 Å². The normalized spacial score (nSPS) is 10.6. The summed E-state index contributed by atoms with van der Waals surface area (Å²) in [5.41, 5.74) is 2.79. The lowest BCUT2D eigenvalue weighted by Gasteiger charge is -2.24. The summed E-state index contributed by atoms with van der Waals surface area (Å²) in [4.78, 5) is 11.5. The highest BCUT2D eigenvalue weighted by Crippen LogP contribution is 2.35. The largest absolute Gasteiger partial charge is 0.462 e. The van der Waals surface area contributed by atoms with Crippen molar-refractivity contribution in [2.75, 3.05) is 6.61 Å². The minimum atomic E-state index is -0.393. The van der Waals surface area contributed by atoms with E-state index in [1.165, 1.54) is 0 Å². The Kier molecular flexibility index (Phi) is 6.80. The lowest BCUT2D eigenvalue weighted by molar-refractivity contribution is -0.138. The van der Waals surface area contributed by atoms with Crippen LogP contribution < -0.4 is 4.74 Å². The van der Waals surface area contributed by atoms with Crippen molar-refractivity contribution in [3.63, 3.8) is 0 Å². The van der Waals surface area contributed by atoms with E-state index >= 15 is 0 Å². The molecule has 0 saturated carbocycles. The summed E-state index contributed by atoms with van der Waals surface area (Å²) in [5.74, 6) is 0.776. The first kappa shape index (κ1) is 21.7.